The van der Waals surface area contributed by atoms with Gasteiger partial charge in [-0.2, -0.15) is 5.10 Å². The molecule has 2 nitrogen and oxygen atoms in total. The fourth-order valence-electron chi connectivity index (χ4n) is 2.08. The molecule has 98 valence electrons. The third-order valence-electron chi connectivity index (χ3n) is 3.11. The molecule has 0 N–H and O–H groups in total. The van der Waals surface area contributed by atoms with Gasteiger partial charge in [0.2, 0.25) is 0 Å². The second-order valence-electron chi connectivity index (χ2n) is 4.70. The van der Waals surface area contributed by atoms with Gasteiger partial charge in [0.25, 0.3) is 0 Å². The van der Waals surface area contributed by atoms with Crippen LogP contribution in [-0.4, -0.2) is 9.78 Å². The molecule has 0 radical (unpaired) electrons. The van der Waals surface area contributed by atoms with Crippen LogP contribution in [0.5, 0.6) is 0 Å². The highest BCUT2D eigenvalue weighted by Gasteiger charge is 1.97. The molecule has 3 aromatic rings. The summed E-state index contributed by atoms with van der Waals surface area (Å²) in [6.07, 6.45) is 8.14. The quantitative estimate of drug-likeness (QED) is 0.690. The Morgan fingerprint density at radius 1 is 0.800 bits per heavy atom. The van der Waals surface area contributed by atoms with E-state index in [1.165, 1.54) is 11.1 Å². The molecule has 0 aliphatic heterocycles. The van der Waals surface area contributed by atoms with Gasteiger partial charge in [0.05, 0.1) is 12.7 Å². The van der Waals surface area contributed by atoms with Crippen molar-refractivity contribution in [3.63, 3.8) is 0 Å². The molecule has 0 aliphatic carbocycles. The summed E-state index contributed by atoms with van der Waals surface area (Å²) in [6.45, 7) is 0.806. The van der Waals surface area contributed by atoms with Gasteiger partial charge >= 0.3 is 0 Å². The van der Waals surface area contributed by atoms with Crippen LogP contribution in [0.1, 0.15) is 16.7 Å². The second-order valence-corrected chi connectivity index (χ2v) is 4.70. The molecule has 0 atom stereocenters. The summed E-state index contributed by atoms with van der Waals surface area (Å²) < 4.78 is 1.96. The van der Waals surface area contributed by atoms with Crippen LogP contribution in [-0.2, 0) is 6.54 Å². The van der Waals surface area contributed by atoms with Crippen molar-refractivity contribution in [2.45, 2.75) is 6.54 Å². The number of aromatic nitrogens is 2. The van der Waals surface area contributed by atoms with Gasteiger partial charge in [0.15, 0.2) is 0 Å². The first-order valence-corrected chi connectivity index (χ1v) is 6.70. The molecule has 0 saturated carbocycles. The zero-order valence-electron chi connectivity index (χ0n) is 11.2. The molecule has 1 aromatic heterocycles. The maximum absolute atomic E-state index is 4.39. The Morgan fingerprint density at radius 3 is 2.20 bits per heavy atom. The molecule has 0 bridgehead atoms. The van der Waals surface area contributed by atoms with Crippen LogP contribution < -0.4 is 0 Å². The van der Waals surface area contributed by atoms with Crippen LogP contribution >= 0.6 is 0 Å². The highest BCUT2D eigenvalue weighted by atomic mass is 15.3. The van der Waals surface area contributed by atoms with E-state index in [2.05, 4.69) is 59.8 Å². The van der Waals surface area contributed by atoms with E-state index in [9.17, 15) is 0 Å². The normalized spacial score (nSPS) is 11.0. The highest BCUT2D eigenvalue weighted by Crippen LogP contribution is 2.08. The highest BCUT2D eigenvalue weighted by molar-refractivity contribution is 5.68. The molecular weight excluding hydrogens is 244 g/mol. The average molecular weight is 260 g/mol. The molecule has 2 heteroatoms. The lowest BCUT2D eigenvalue weighted by Gasteiger charge is -2.00. The van der Waals surface area contributed by atoms with Crippen molar-refractivity contribution in [2.24, 2.45) is 0 Å². The predicted octanol–water partition coefficient (Wildman–Crippen LogP) is 4.10. The molecule has 0 aliphatic rings. The summed E-state index contributed by atoms with van der Waals surface area (Å²) in [5, 5.41) is 4.39. The number of hydrogen-bond donors (Lipinski definition) is 0. The van der Waals surface area contributed by atoms with E-state index in [0.29, 0.717) is 0 Å². The van der Waals surface area contributed by atoms with Gasteiger partial charge in [-0.3, -0.25) is 4.68 Å². The standard InChI is InChI=1S/C18H16N2/c1-3-7-16(8-4-1)11-12-18-13-19-20(15-18)14-17-9-5-2-6-10-17/h1-13,15H,14H2/b12-11+. The molecule has 0 unspecified atom stereocenters. The zero-order chi connectivity index (χ0) is 13.6. The van der Waals surface area contributed by atoms with Crippen molar-refractivity contribution in [1.82, 2.24) is 9.78 Å². The fourth-order valence-corrected chi connectivity index (χ4v) is 2.08. The first kappa shape index (κ1) is 12.4. The van der Waals surface area contributed by atoms with Gasteiger partial charge in [0, 0.05) is 11.8 Å². The van der Waals surface area contributed by atoms with Gasteiger partial charge in [-0.1, -0.05) is 72.8 Å². The SMILES string of the molecule is C(=C\c1cnn(Cc2ccccc2)c1)/c1ccccc1. The van der Waals surface area contributed by atoms with Gasteiger partial charge in [-0.25, -0.2) is 0 Å². The van der Waals surface area contributed by atoms with Crippen LogP contribution in [0.3, 0.4) is 0 Å². The Bertz CT molecular complexity index is 682. The molecule has 20 heavy (non-hydrogen) atoms. The zero-order valence-corrected chi connectivity index (χ0v) is 11.2. The van der Waals surface area contributed by atoms with Crippen molar-refractivity contribution in [2.75, 3.05) is 0 Å². The van der Waals surface area contributed by atoms with Crippen LogP contribution in [0.2, 0.25) is 0 Å². The summed E-state index contributed by atoms with van der Waals surface area (Å²) >= 11 is 0. The number of nitrogens with zero attached hydrogens (tertiary/aromatic N) is 2. The molecule has 3 rings (SSSR count). The monoisotopic (exact) mass is 260 g/mol. The lowest BCUT2D eigenvalue weighted by Crippen LogP contribution is -1.99. The van der Waals surface area contributed by atoms with Gasteiger partial charge in [-0.15, -0.1) is 0 Å². The fraction of sp³-hybridized carbons (Fsp3) is 0.0556. The maximum Gasteiger partial charge on any atom is 0.0659 e. The molecular formula is C18H16N2. The van der Waals surface area contributed by atoms with Crippen molar-refractivity contribution in [3.8, 4) is 0 Å². The average Bonchev–Trinajstić information content (AvgIpc) is 2.95. The van der Waals surface area contributed by atoms with E-state index >= 15 is 0 Å². The minimum atomic E-state index is 0.806. The minimum absolute atomic E-state index is 0.806. The Kier molecular flexibility index (Phi) is 3.74. The van der Waals surface area contributed by atoms with Crippen LogP contribution in [0, 0.1) is 0 Å². The van der Waals surface area contributed by atoms with E-state index < -0.39 is 0 Å². The van der Waals surface area contributed by atoms with Gasteiger partial charge in [-0.05, 0) is 11.1 Å². The van der Waals surface area contributed by atoms with E-state index in [-0.39, 0.29) is 0 Å². The van der Waals surface area contributed by atoms with Crippen molar-refractivity contribution in [3.05, 3.63) is 89.7 Å². The summed E-state index contributed by atoms with van der Waals surface area (Å²) in [4.78, 5) is 0. The summed E-state index contributed by atoms with van der Waals surface area (Å²) in [5.74, 6) is 0. The lowest BCUT2D eigenvalue weighted by atomic mass is 10.2. The predicted molar refractivity (Wildman–Crippen MR) is 83.1 cm³/mol. The first-order valence-electron chi connectivity index (χ1n) is 6.70. The van der Waals surface area contributed by atoms with Gasteiger partial charge < -0.3 is 0 Å². The number of hydrogen-bond acceptors (Lipinski definition) is 1. The first-order chi connectivity index (χ1) is 9.90. The topological polar surface area (TPSA) is 17.8 Å². The smallest absolute Gasteiger partial charge is 0.0659 e. The number of rotatable bonds is 4. The van der Waals surface area contributed by atoms with Gasteiger partial charge in [0.1, 0.15) is 0 Å². The summed E-state index contributed by atoms with van der Waals surface area (Å²) in [6, 6.07) is 20.6. The van der Waals surface area contributed by atoms with E-state index in [1.54, 1.807) is 0 Å². The molecule has 0 amide bonds. The third kappa shape index (κ3) is 3.23. The third-order valence-corrected chi connectivity index (χ3v) is 3.11. The van der Waals surface area contributed by atoms with Crippen LogP contribution in [0.15, 0.2) is 73.1 Å². The van der Waals surface area contributed by atoms with E-state index in [0.717, 1.165) is 12.1 Å². The largest absolute Gasteiger partial charge is 0.268 e. The van der Waals surface area contributed by atoms with Crippen LogP contribution in [0.4, 0.5) is 0 Å². The van der Waals surface area contributed by atoms with Crippen LogP contribution in [0.25, 0.3) is 12.2 Å². The van der Waals surface area contributed by atoms with E-state index in [4.69, 9.17) is 0 Å². The minimum Gasteiger partial charge on any atom is -0.268 e. The lowest BCUT2D eigenvalue weighted by molar-refractivity contribution is 0.687. The molecule has 1 heterocycles. The molecule has 0 saturated heterocycles. The molecule has 0 spiro atoms. The van der Waals surface area contributed by atoms with Crippen molar-refractivity contribution in [1.29, 1.82) is 0 Å². The Hall–Kier alpha value is -2.61. The van der Waals surface area contributed by atoms with Crippen molar-refractivity contribution >= 4 is 12.2 Å². The maximum atomic E-state index is 4.39. The molecule has 0 fully saturated rings. The second kappa shape index (κ2) is 6.02. The summed E-state index contributed by atoms with van der Waals surface area (Å²) in [7, 11) is 0. The van der Waals surface area contributed by atoms with Crippen molar-refractivity contribution < 1.29 is 0 Å². The van der Waals surface area contributed by atoms with E-state index in [1.807, 2.05) is 35.1 Å². The molecule has 2 aromatic carbocycles. The summed E-state index contributed by atoms with van der Waals surface area (Å²) in [5.41, 5.74) is 3.57. The number of benzene rings is 2. The Balaban J connectivity index is 1.70. The Labute approximate surface area is 119 Å². The Morgan fingerprint density at radius 2 is 1.45 bits per heavy atom.